The number of ether oxygens (including phenoxy) is 1. The maximum atomic E-state index is 13.3. The summed E-state index contributed by atoms with van der Waals surface area (Å²) in [5.41, 5.74) is 2.10. The normalized spacial score (nSPS) is 20.9. The lowest BCUT2D eigenvalue weighted by Crippen LogP contribution is -2.49. The van der Waals surface area contributed by atoms with E-state index in [1.807, 2.05) is 39.2 Å². The molecule has 0 spiro atoms. The van der Waals surface area contributed by atoms with Crippen molar-refractivity contribution < 1.29 is 14.6 Å². The second kappa shape index (κ2) is 8.67. The van der Waals surface area contributed by atoms with Gasteiger partial charge in [0, 0.05) is 48.7 Å². The molecule has 150 valence electrons. The van der Waals surface area contributed by atoms with Crippen molar-refractivity contribution in [2.24, 2.45) is 5.92 Å². The van der Waals surface area contributed by atoms with E-state index >= 15 is 0 Å². The minimum atomic E-state index is -0.289. The fourth-order valence-electron chi connectivity index (χ4n) is 3.37. The maximum Gasteiger partial charge on any atom is 0.259 e. The van der Waals surface area contributed by atoms with E-state index in [9.17, 15) is 9.90 Å². The Morgan fingerprint density at radius 1 is 1.36 bits per heavy atom. The average molecular weight is 384 g/mol. The van der Waals surface area contributed by atoms with E-state index in [2.05, 4.69) is 21.8 Å². The topological polar surface area (TPSA) is 78.8 Å². The van der Waals surface area contributed by atoms with Gasteiger partial charge in [-0.1, -0.05) is 13.0 Å². The summed E-state index contributed by atoms with van der Waals surface area (Å²) < 4.78 is 6.20. The van der Waals surface area contributed by atoms with E-state index in [-0.39, 0.29) is 30.6 Å². The van der Waals surface area contributed by atoms with Gasteiger partial charge >= 0.3 is 0 Å². The molecule has 0 bridgehead atoms. The minimum Gasteiger partial charge on any atom is -0.472 e. The number of rotatable bonds is 5. The molecule has 3 atom stereocenters. The van der Waals surface area contributed by atoms with Crippen LogP contribution in [0.4, 0.5) is 0 Å². The Bertz CT molecular complexity index is 813. The van der Waals surface area contributed by atoms with Gasteiger partial charge in [0.05, 0.1) is 12.6 Å². The summed E-state index contributed by atoms with van der Waals surface area (Å²) in [5, 5.41) is 9.69. The van der Waals surface area contributed by atoms with Gasteiger partial charge in [0.1, 0.15) is 11.7 Å². The van der Waals surface area contributed by atoms with Crippen LogP contribution in [0.25, 0.3) is 11.1 Å². The predicted octanol–water partition coefficient (Wildman–Crippen LogP) is 1.93. The lowest BCUT2D eigenvalue weighted by atomic mass is 9.99. The second-order valence-electron chi connectivity index (χ2n) is 7.70. The van der Waals surface area contributed by atoms with Gasteiger partial charge in [-0.25, -0.2) is 4.98 Å². The first-order valence-electron chi connectivity index (χ1n) is 9.54. The van der Waals surface area contributed by atoms with Crippen LogP contribution >= 0.6 is 0 Å². The maximum absolute atomic E-state index is 13.3. The molecule has 0 radical (unpaired) electrons. The van der Waals surface area contributed by atoms with Gasteiger partial charge in [-0.05, 0) is 33.2 Å². The molecule has 0 aromatic carbocycles. The second-order valence-corrected chi connectivity index (χ2v) is 7.70. The molecule has 1 aliphatic rings. The molecule has 0 fully saturated rings. The molecule has 1 N–H and O–H groups in total. The highest BCUT2D eigenvalue weighted by Crippen LogP contribution is 2.30. The van der Waals surface area contributed by atoms with Gasteiger partial charge in [-0.3, -0.25) is 9.78 Å². The van der Waals surface area contributed by atoms with Crippen LogP contribution in [0.15, 0.2) is 36.8 Å². The smallest absolute Gasteiger partial charge is 0.259 e. The van der Waals surface area contributed by atoms with Crippen LogP contribution in [0.2, 0.25) is 0 Å². The molecule has 1 aliphatic heterocycles. The van der Waals surface area contributed by atoms with Crippen molar-refractivity contribution in [1.29, 1.82) is 0 Å². The van der Waals surface area contributed by atoms with Gasteiger partial charge in [-0.15, -0.1) is 0 Å². The number of likely N-dealkylation sites (N-methyl/N-ethyl adjacent to an activating group) is 1. The fourth-order valence-corrected chi connectivity index (χ4v) is 3.37. The van der Waals surface area contributed by atoms with E-state index in [4.69, 9.17) is 4.74 Å². The first-order chi connectivity index (χ1) is 13.4. The number of aromatic nitrogens is 2. The molecule has 3 rings (SSSR count). The number of aliphatic hydroxyl groups is 1. The Balaban J connectivity index is 2.06. The third kappa shape index (κ3) is 4.31. The van der Waals surface area contributed by atoms with Gasteiger partial charge in [0.2, 0.25) is 5.88 Å². The highest BCUT2D eigenvalue weighted by molar-refractivity contribution is 5.98. The summed E-state index contributed by atoms with van der Waals surface area (Å²) in [6.45, 7) is 5.04. The zero-order valence-corrected chi connectivity index (χ0v) is 16.9. The zero-order chi connectivity index (χ0) is 20.3. The lowest BCUT2D eigenvalue weighted by Gasteiger charge is -2.37. The summed E-state index contributed by atoms with van der Waals surface area (Å²) in [6, 6.07) is 5.29. The standard InChI is InChI=1S/C21H28N4O3/c1-14-11-25(15(2)13-26)21(27)18-8-17(16-6-5-7-22-9-16)10-23-20(18)28-19(14)12-24(3)4/h5-10,14-15,19,26H,11-13H2,1-4H3/t14-,15-,19+/m0/s1. The quantitative estimate of drug-likeness (QED) is 0.849. The van der Waals surface area contributed by atoms with Crippen LogP contribution in [0.5, 0.6) is 5.88 Å². The van der Waals surface area contributed by atoms with E-state index in [1.165, 1.54) is 0 Å². The lowest BCUT2D eigenvalue weighted by molar-refractivity contribution is 0.0348. The van der Waals surface area contributed by atoms with Gasteiger partial charge < -0.3 is 19.6 Å². The van der Waals surface area contributed by atoms with Gasteiger partial charge in [0.25, 0.3) is 5.91 Å². The fraction of sp³-hybridized carbons (Fsp3) is 0.476. The van der Waals surface area contributed by atoms with Crippen molar-refractivity contribution in [2.45, 2.75) is 26.0 Å². The van der Waals surface area contributed by atoms with Crippen molar-refractivity contribution in [3.8, 4) is 17.0 Å². The summed E-state index contributed by atoms with van der Waals surface area (Å²) in [5.74, 6) is 0.254. The number of fused-ring (bicyclic) bond motifs is 1. The molecule has 3 heterocycles. The first-order valence-corrected chi connectivity index (χ1v) is 9.54. The highest BCUT2D eigenvalue weighted by atomic mass is 16.5. The molecular weight excluding hydrogens is 356 g/mol. The van der Waals surface area contributed by atoms with Crippen LogP contribution in [0, 0.1) is 5.92 Å². The molecule has 2 aromatic rings. The number of aliphatic hydroxyl groups excluding tert-OH is 1. The van der Waals surface area contributed by atoms with Crippen LogP contribution < -0.4 is 4.74 Å². The Labute approximate surface area is 166 Å². The molecule has 28 heavy (non-hydrogen) atoms. The molecule has 7 heteroatoms. The van der Waals surface area contributed by atoms with Crippen molar-refractivity contribution in [1.82, 2.24) is 19.8 Å². The van der Waals surface area contributed by atoms with Crippen LogP contribution in [-0.2, 0) is 0 Å². The molecule has 0 unspecified atom stereocenters. The predicted molar refractivity (Wildman–Crippen MR) is 107 cm³/mol. The zero-order valence-electron chi connectivity index (χ0n) is 16.9. The van der Waals surface area contributed by atoms with Gasteiger partial charge in [0.15, 0.2) is 0 Å². The Hall–Kier alpha value is -2.51. The van der Waals surface area contributed by atoms with Gasteiger partial charge in [-0.2, -0.15) is 0 Å². The molecule has 0 saturated heterocycles. The number of nitrogens with zero attached hydrogens (tertiary/aromatic N) is 4. The van der Waals surface area contributed by atoms with Crippen LogP contribution in [0.1, 0.15) is 24.2 Å². The molecular formula is C21H28N4O3. The number of hydrogen-bond donors (Lipinski definition) is 1. The summed E-state index contributed by atoms with van der Waals surface area (Å²) in [4.78, 5) is 25.7. The highest BCUT2D eigenvalue weighted by Gasteiger charge is 2.33. The van der Waals surface area contributed by atoms with E-state index < -0.39 is 0 Å². The summed E-state index contributed by atoms with van der Waals surface area (Å²) in [6.07, 6.45) is 5.04. The molecule has 7 nitrogen and oxygen atoms in total. The molecule has 2 aromatic heterocycles. The van der Waals surface area contributed by atoms with Crippen LogP contribution in [0.3, 0.4) is 0 Å². The Morgan fingerprint density at radius 3 is 2.79 bits per heavy atom. The Morgan fingerprint density at radius 2 is 2.14 bits per heavy atom. The molecule has 0 saturated carbocycles. The first kappa shape index (κ1) is 20.2. The van der Waals surface area contributed by atoms with Crippen LogP contribution in [-0.4, -0.2) is 76.7 Å². The van der Waals surface area contributed by atoms with Crippen molar-refractivity contribution >= 4 is 5.91 Å². The third-order valence-electron chi connectivity index (χ3n) is 5.06. The largest absolute Gasteiger partial charge is 0.472 e. The molecule has 1 amide bonds. The Kier molecular flexibility index (Phi) is 6.26. The number of hydrogen-bond acceptors (Lipinski definition) is 6. The van der Waals surface area contributed by atoms with E-state index in [0.717, 1.165) is 11.1 Å². The third-order valence-corrected chi connectivity index (χ3v) is 5.06. The summed E-state index contributed by atoms with van der Waals surface area (Å²) in [7, 11) is 3.99. The number of carbonyl (C=O) groups is 1. The number of amides is 1. The van der Waals surface area contributed by atoms with Crippen molar-refractivity contribution in [2.75, 3.05) is 33.8 Å². The summed E-state index contributed by atoms with van der Waals surface area (Å²) >= 11 is 0. The average Bonchev–Trinajstić information content (AvgIpc) is 2.70. The monoisotopic (exact) mass is 384 g/mol. The SMILES string of the molecule is C[C@H]1CN([C@@H](C)CO)C(=O)c2cc(-c3cccnc3)cnc2O[C@@H]1CN(C)C. The van der Waals surface area contributed by atoms with E-state index in [0.29, 0.717) is 24.5 Å². The minimum absolute atomic E-state index is 0.0910. The molecule has 0 aliphatic carbocycles. The number of carbonyl (C=O) groups excluding carboxylic acids is 1. The number of pyridine rings is 2. The van der Waals surface area contributed by atoms with E-state index in [1.54, 1.807) is 23.5 Å². The van der Waals surface area contributed by atoms with Crippen molar-refractivity contribution in [3.63, 3.8) is 0 Å². The van der Waals surface area contributed by atoms with Crippen molar-refractivity contribution in [3.05, 3.63) is 42.4 Å².